The predicted octanol–water partition coefficient (Wildman–Crippen LogP) is 4.74. The van der Waals surface area contributed by atoms with Crippen molar-refractivity contribution in [1.29, 1.82) is 0 Å². The molecule has 1 aliphatic rings. The zero-order chi connectivity index (χ0) is 22.8. The summed E-state index contributed by atoms with van der Waals surface area (Å²) in [7, 11) is 0. The van der Waals surface area contributed by atoms with Gasteiger partial charge in [-0.1, -0.05) is 23.2 Å². The number of aliphatic hydroxyl groups excluding tert-OH is 1. The Morgan fingerprint density at radius 1 is 1.22 bits per heavy atom. The number of hydrogen-bond donors (Lipinski definition) is 1. The summed E-state index contributed by atoms with van der Waals surface area (Å²) in [6, 6.07) is 5.19. The van der Waals surface area contributed by atoms with E-state index in [-0.39, 0.29) is 32.5 Å². The summed E-state index contributed by atoms with van der Waals surface area (Å²) in [4.78, 5) is 21.1. The molecule has 1 aromatic carbocycles. The lowest BCUT2D eigenvalue weighted by molar-refractivity contribution is -0.141. The number of aromatic nitrogens is 4. The number of halogens is 5. The van der Waals surface area contributed by atoms with Crippen LogP contribution in [0.25, 0.3) is 28.3 Å². The molecular weight excluding hydrogens is 472 g/mol. The highest BCUT2D eigenvalue weighted by Crippen LogP contribution is 2.39. The summed E-state index contributed by atoms with van der Waals surface area (Å²) < 4.78 is 46.3. The summed E-state index contributed by atoms with van der Waals surface area (Å²) in [5, 5.41) is 14.0. The van der Waals surface area contributed by atoms with E-state index < -0.39 is 29.5 Å². The Morgan fingerprint density at radius 2 is 2.00 bits per heavy atom. The number of benzene rings is 1. The first-order valence-corrected chi connectivity index (χ1v) is 10.0. The van der Waals surface area contributed by atoms with Crippen LogP contribution in [0.1, 0.15) is 29.3 Å². The fraction of sp³-hybridized carbons (Fsp3) is 0.200. The molecule has 0 saturated heterocycles. The number of rotatable bonds is 2. The van der Waals surface area contributed by atoms with Gasteiger partial charge in [0.15, 0.2) is 11.5 Å². The third kappa shape index (κ3) is 3.26. The normalized spacial score (nSPS) is 16.0. The van der Waals surface area contributed by atoms with Crippen LogP contribution in [0.5, 0.6) is 0 Å². The highest BCUT2D eigenvalue weighted by Gasteiger charge is 2.37. The third-order valence-corrected chi connectivity index (χ3v) is 5.75. The van der Waals surface area contributed by atoms with Crippen molar-refractivity contribution in [3.05, 3.63) is 67.7 Å². The molecule has 0 aliphatic heterocycles. The number of aliphatic hydroxyl groups is 1. The van der Waals surface area contributed by atoms with Crippen molar-refractivity contribution in [2.75, 3.05) is 0 Å². The Morgan fingerprint density at radius 3 is 2.72 bits per heavy atom. The van der Waals surface area contributed by atoms with Crippen LogP contribution in [0, 0.1) is 0 Å². The molecule has 3 aromatic heterocycles. The van der Waals surface area contributed by atoms with E-state index in [1.807, 2.05) is 0 Å². The molecule has 0 amide bonds. The van der Waals surface area contributed by atoms with Crippen LogP contribution in [0.3, 0.4) is 0 Å². The van der Waals surface area contributed by atoms with E-state index in [2.05, 4.69) is 15.1 Å². The van der Waals surface area contributed by atoms with Gasteiger partial charge < -0.3 is 9.52 Å². The minimum absolute atomic E-state index is 0.000714. The lowest BCUT2D eigenvalue weighted by Gasteiger charge is -2.11. The van der Waals surface area contributed by atoms with Crippen molar-refractivity contribution >= 4 is 34.1 Å². The first-order chi connectivity index (χ1) is 15.1. The highest BCUT2D eigenvalue weighted by molar-refractivity contribution is 6.35. The third-order valence-electron chi connectivity index (χ3n) is 5.17. The second kappa shape index (κ2) is 7.29. The minimum atomic E-state index is -4.79. The molecule has 0 bridgehead atoms. The largest absolute Gasteiger partial charge is 0.435 e. The van der Waals surface area contributed by atoms with E-state index in [9.17, 15) is 23.1 Å². The van der Waals surface area contributed by atoms with Gasteiger partial charge in [-0.05, 0) is 36.6 Å². The summed E-state index contributed by atoms with van der Waals surface area (Å²) >= 11 is 12.4. The molecule has 3 heterocycles. The van der Waals surface area contributed by atoms with Crippen LogP contribution < -0.4 is 5.63 Å². The molecular formula is C20H11Cl2F3N4O3. The molecule has 1 atom stereocenters. The van der Waals surface area contributed by atoms with Crippen molar-refractivity contribution in [2.45, 2.75) is 25.1 Å². The molecule has 0 saturated carbocycles. The van der Waals surface area contributed by atoms with Gasteiger partial charge in [-0.3, -0.25) is 0 Å². The van der Waals surface area contributed by atoms with Gasteiger partial charge in [0.1, 0.15) is 11.2 Å². The topological polar surface area (TPSA) is 94.0 Å². The van der Waals surface area contributed by atoms with E-state index in [0.29, 0.717) is 30.0 Å². The number of hydrogen-bond acceptors (Lipinski definition) is 6. The summed E-state index contributed by atoms with van der Waals surface area (Å²) in [5.74, 6) is -0.568. The van der Waals surface area contributed by atoms with E-state index in [1.54, 1.807) is 6.07 Å². The maximum absolute atomic E-state index is 13.4. The Bertz CT molecular complexity index is 1450. The first kappa shape index (κ1) is 20.9. The number of alkyl halides is 3. The Hall–Kier alpha value is -2.95. The standard InChI is InChI=1S/C20H11Cl2F3N4O3/c21-9-2-1-5-26-17(9)29-11(7-13(28-29)20(23,24)25)18-27-16-10(22)6-8-3-4-12(30)14(8)15(16)19(31)32-18/h1-2,5-7,12,30H,3-4H2. The van der Waals surface area contributed by atoms with Crippen LogP contribution in [0.2, 0.25) is 10.0 Å². The maximum Gasteiger partial charge on any atom is 0.435 e. The highest BCUT2D eigenvalue weighted by atomic mass is 35.5. The van der Waals surface area contributed by atoms with Crippen LogP contribution in [0.15, 0.2) is 39.7 Å². The quantitative estimate of drug-likeness (QED) is 0.443. The number of fused-ring (bicyclic) bond motifs is 3. The Labute approximate surface area is 187 Å². The van der Waals surface area contributed by atoms with Gasteiger partial charge in [0.25, 0.3) is 0 Å². The zero-order valence-corrected chi connectivity index (χ0v) is 17.3. The van der Waals surface area contributed by atoms with Crippen LogP contribution >= 0.6 is 23.2 Å². The smallest absolute Gasteiger partial charge is 0.401 e. The first-order valence-electron chi connectivity index (χ1n) is 9.28. The molecule has 1 N–H and O–H groups in total. The summed E-state index contributed by atoms with van der Waals surface area (Å²) in [6.45, 7) is 0. The van der Waals surface area contributed by atoms with Crippen molar-refractivity contribution in [3.8, 4) is 17.4 Å². The number of aryl methyl sites for hydroxylation is 1. The van der Waals surface area contributed by atoms with E-state index in [1.165, 1.54) is 18.3 Å². The van der Waals surface area contributed by atoms with Crippen LogP contribution in [0.4, 0.5) is 13.2 Å². The fourth-order valence-corrected chi connectivity index (χ4v) is 4.26. The molecule has 0 fully saturated rings. The van der Waals surface area contributed by atoms with Gasteiger partial charge in [0.2, 0.25) is 5.89 Å². The average Bonchev–Trinajstić information content (AvgIpc) is 3.33. The van der Waals surface area contributed by atoms with E-state index >= 15 is 0 Å². The molecule has 164 valence electrons. The molecule has 4 aromatic rings. The summed E-state index contributed by atoms with van der Waals surface area (Å²) in [5.41, 5.74) is -1.37. The van der Waals surface area contributed by atoms with Gasteiger partial charge >= 0.3 is 11.8 Å². The Kier molecular flexibility index (Phi) is 4.77. The minimum Gasteiger partial charge on any atom is -0.401 e. The number of pyridine rings is 1. The molecule has 5 rings (SSSR count). The van der Waals surface area contributed by atoms with Crippen molar-refractivity contribution in [1.82, 2.24) is 19.7 Å². The van der Waals surface area contributed by atoms with Crippen LogP contribution in [-0.4, -0.2) is 24.9 Å². The van der Waals surface area contributed by atoms with E-state index in [0.717, 1.165) is 4.68 Å². The van der Waals surface area contributed by atoms with Crippen molar-refractivity contribution in [2.24, 2.45) is 0 Å². The fourth-order valence-electron chi connectivity index (χ4n) is 3.79. The van der Waals surface area contributed by atoms with Crippen molar-refractivity contribution in [3.63, 3.8) is 0 Å². The van der Waals surface area contributed by atoms with Gasteiger partial charge in [0.05, 0.1) is 21.5 Å². The average molecular weight is 483 g/mol. The molecule has 0 spiro atoms. The lowest BCUT2D eigenvalue weighted by Crippen LogP contribution is -2.10. The summed E-state index contributed by atoms with van der Waals surface area (Å²) in [6.07, 6.45) is -3.43. The molecule has 1 aliphatic carbocycles. The molecule has 0 radical (unpaired) electrons. The number of nitrogens with zero attached hydrogens (tertiary/aromatic N) is 4. The van der Waals surface area contributed by atoms with Crippen LogP contribution in [-0.2, 0) is 12.6 Å². The lowest BCUT2D eigenvalue weighted by atomic mass is 10.0. The molecule has 1 unspecified atom stereocenters. The van der Waals surface area contributed by atoms with E-state index in [4.69, 9.17) is 27.6 Å². The van der Waals surface area contributed by atoms with Gasteiger partial charge in [0, 0.05) is 17.8 Å². The predicted molar refractivity (Wildman–Crippen MR) is 109 cm³/mol. The second-order valence-corrected chi connectivity index (χ2v) is 7.96. The molecule has 12 heteroatoms. The molecule has 32 heavy (non-hydrogen) atoms. The SMILES string of the molecule is O=c1oc(-c2cc(C(F)(F)F)nn2-c2ncccc2Cl)nc2c(Cl)cc3c(c12)C(O)CC3. The monoisotopic (exact) mass is 482 g/mol. The second-order valence-electron chi connectivity index (χ2n) is 7.15. The zero-order valence-electron chi connectivity index (χ0n) is 15.8. The van der Waals surface area contributed by atoms with Gasteiger partial charge in [-0.25, -0.2) is 19.4 Å². The Balaban J connectivity index is 1.81. The maximum atomic E-state index is 13.4. The molecule has 7 nitrogen and oxygen atoms in total. The van der Waals surface area contributed by atoms with Gasteiger partial charge in [-0.2, -0.15) is 18.3 Å². The van der Waals surface area contributed by atoms with Crippen molar-refractivity contribution < 1.29 is 22.7 Å². The van der Waals surface area contributed by atoms with Gasteiger partial charge in [-0.15, -0.1) is 0 Å².